The summed E-state index contributed by atoms with van der Waals surface area (Å²) in [6.07, 6.45) is 0. The van der Waals surface area contributed by atoms with Crippen LogP contribution < -0.4 is 5.32 Å². The van der Waals surface area contributed by atoms with Crippen LogP contribution in [0.5, 0.6) is 0 Å². The maximum atomic E-state index is 9.24. The molecule has 0 spiro atoms. The summed E-state index contributed by atoms with van der Waals surface area (Å²) in [6.45, 7) is 3.61. The molecule has 3 nitrogen and oxygen atoms in total. The van der Waals surface area contributed by atoms with E-state index in [9.17, 15) is 5.26 Å². The Morgan fingerprint density at radius 3 is 2.88 bits per heavy atom. The fourth-order valence-corrected chi connectivity index (χ4v) is 2.24. The van der Waals surface area contributed by atoms with E-state index in [1.165, 1.54) is 0 Å². The van der Waals surface area contributed by atoms with Crippen LogP contribution in [0.4, 0.5) is 0 Å². The summed E-state index contributed by atoms with van der Waals surface area (Å²) in [5, 5.41) is 14.2. The van der Waals surface area contributed by atoms with Crippen LogP contribution in [-0.4, -0.2) is 11.1 Å². The lowest BCUT2D eigenvalue weighted by atomic mass is 10.1. The van der Waals surface area contributed by atoms with E-state index < -0.39 is 0 Å². The van der Waals surface area contributed by atoms with Crippen LogP contribution in [0, 0.1) is 11.3 Å². The van der Waals surface area contributed by atoms with Gasteiger partial charge in [0.2, 0.25) is 0 Å². The molecule has 0 atom stereocenters. The molecule has 4 heteroatoms. The van der Waals surface area contributed by atoms with Crippen molar-refractivity contribution < 1.29 is 0 Å². The number of benzene rings is 1. The third-order valence-corrected chi connectivity index (χ3v) is 3.16. The molecule has 0 aliphatic carbocycles. The third-order valence-electron chi connectivity index (χ3n) is 2.92. The van der Waals surface area contributed by atoms with Crippen molar-refractivity contribution >= 4 is 22.5 Å². The molecule has 0 unspecified atom stereocenters. The Hall–Kier alpha value is -1.50. The molecule has 1 aromatic heterocycles. The Balaban J connectivity index is 2.68. The van der Waals surface area contributed by atoms with Crippen molar-refractivity contribution in [3.05, 3.63) is 34.5 Å². The molecule has 1 aromatic carbocycles. The van der Waals surface area contributed by atoms with E-state index in [0.29, 0.717) is 17.3 Å². The Kier molecular flexibility index (Phi) is 3.37. The van der Waals surface area contributed by atoms with Crippen LogP contribution in [0.2, 0.25) is 5.02 Å². The summed E-state index contributed by atoms with van der Waals surface area (Å²) >= 11 is 6.02. The molecule has 2 aromatic rings. The molecule has 2 rings (SSSR count). The van der Waals surface area contributed by atoms with E-state index in [1.807, 2.05) is 36.7 Å². The van der Waals surface area contributed by atoms with Crippen molar-refractivity contribution in [2.24, 2.45) is 7.05 Å². The van der Waals surface area contributed by atoms with E-state index in [-0.39, 0.29) is 0 Å². The van der Waals surface area contributed by atoms with Gasteiger partial charge in [-0.3, -0.25) is 0 Å². The normalized spacial score (nSPS) is 10.7. The van der Waals surface area contributed by atoms with E-state index >= 15 is 0 Å². The van der Waals surface area contributed by atoms with Gasteiger partial charge in [0.15, 0.2) is 0 Å². The van der Waals surface area contributed by atoms with Gasteiger partial charge in [-0.1, -0.05) is 18.5 Å². The number of nitriles is 1. The second-order valence-corrected chi connectivity index (χ2v) is 4.38. The molecule has 1 heterocycles. The molecular formula is C13H14ClN3. The number of hydrogen-bond donors (Lipinski definition) is 1. The smallest absolute Gasteiger partial charge is 0.125 e. The summed E-state index contributed by atoms with van der Waals surface area (Å²) < 4.78 is 1.92. The average Bonchev–Trinajstić information content (AvgIpc) is 2.58. The highest BCUT2D eigenvalue weighted by molar-refractivity contribution is 6.31. The van der Waals surface area contributed by atoms with Gasteiger partial charge in [0.1, 0.15) is 11.8 Å². The fourth-order valence-electron chi connectivity index (χ4n) is 2.06. The van der Waals surface area contributed by atoms with Gasteiger partial charge in [0, 0.05) is 35.1 Å². The number of nitrogens with zero attached hydrogens (tertiary/aromatic N) is 2. The maximum Gasteiger partial charge on any atom is 0.125 e. The first-order valence-electron chi connectivity index (χ1n) is 5.56. The molecular weight excluding hydrogens is 234 g/mol. The van der Waals surface area contributed by atoms with Crippen molar-refractivity contribution in [1.82, 2.24) is 9.88 Å². The van der Waals surface area contributed by atoms with Crippen LogP contribution in [0.3, 0.4) is 0 Å². The lowest BCUT2D eigenvalue weighted by molar-refractivity contribution is 0.725. The maximum absolute atomic E-state index is 9.24. The van der Waals surface area contributed by atoms with Crippen molar-refractivity contribution in [2.75, 3.05) is 6.54 Å². The first-order chi connectivity index (χ1) is 8.19. The molecule has 17 heavy (non-hydrogen) atoms. The van der Waals surface area contributed by atoms with Crippen molar-refractivity contribution in [3.8, 4) is 6.07 Å². The zero-order valence-electron chi connectivity index (χ0n) is 9.92. The Morgan fingerprint density at radius 1 is 1.47 bits per heavy atom. The van der Waals surface area contributed by atoms with Gasteiger partial charge in [0.05, 0.1) is 0 Å². The molecule has 1 N–H and O–H groups in total. The number of rotatable bonds is 3. The number of halogens is 1. The van der Waals surface area contributed by atoms with Crippen LogP contribution >= 0.6 is 11.6 Å². The summed E-state index contributed by atoms with van der Waals surface area (Å²) in [5.74, 6) is 0. The second kappa shape index (κ2) is 4.79. The predicted molar refractivity (Wildman–Crippen MR) is 70.0 cm³/mol. The average molecular weight is 248 g/mol. The van der Waals surface area contributed by atoms with Crippen LogP contribution in [0.1, 0.15) is 18.2 Å². The van der Waals surface area contributed by atoms with Crippen LogP contribution in [0.15, 0.2) is 18.2 Å². The Bertz CT molecular complexity index is 593. The highest BCUT2D eigenvalue weighted by atomic mass is 35.5. The lowest BCUT2D eigenvalue weighted by Crippen LogP contribution is -2.12. The summed E-state index contributed by atoms with van der Waals surface area (Å²) in [6, 6.07) is 7.98. The molecule has 0 bridgehead atoms. The number of aromatic nitrogens is 1. The van der Waals surface area contributed by atoms with E-state index in [4.69, 9.17) is 11.6 Å². The van der Waals surface area contributed by atoms with Crippen molar-refractivity contribution in [3.63, 3.8) is 0 Å². The van der Waals surface area contributed by atoms with Crippen LogP contribution in [0.25, 0.3) is 10.9 Å². The Labute approximate surface area is 106 Å². The number of aryl methyl sites for hydroxylation is 1. The SMILES string of the molecule is CCNCc1c(C#N)n(C)c2ccc(Cl)cc12. The predicted octanol–water partition coefficient (Wildman–Crippen LogP) is 2.81. The first-order valence-corrected chi connectivity index (χ1v) is 5.94. The minimum Gasteiger partial charge on any atom is -0.335 e. The van der Waals surface area contributed by atoms with Gasteiger partial charge >= 0.3 is 0 Å². The van der Waals surface area contributed by atoms with Crippen LogP contribution in [-0.2, 0) is 13.6 Å². The van der Waals surface area contributed by atoms with Gasteiger partial charge in [-0.25, -0.2) is 0 Å². The van der Waals surface area contributed by atoms with Crippen molar-refractivity contribution in [2.45, 2.75) is 13.5 Å². The molecule has 0 amide bonds. The lowest BCUT2D eigenvalue weighted by Gasteiger charge is -2.01. The molecule has 0 saturated carbocycles. The molecule has 0 aliphatic heterocycles. The fraction of sp³-hybridized carbons (Fsp3) is 0.308. The topological polar surface area (TPSA) is 40.8 Å². The molecule has 0 fully saturated rings. The third kappa shape index (κ3) is 2.02. The number of fused-ring (bicyclic) bond motifs is 1. The first kappa shape index (κ1) is 12.0. The number of nitrogens with one attached hydrogen (secondary N) is 1. The molecule has 0 radical (unpaired) electrons. The van der Waals surface area contributed by atoms with Crippen molar-refractivity contribution in [1.29, 1.82) is 5.26 Å². The summed E-state index contributed by atoms with van der Waals surface area (Å²) in [7, 11) is 1.91. The zero-order valence-corrected chi connectivity index (χ0v) is 10.7. The highest BCUT2D eigenvalue weighted by Gasteiger charge is 2.14. The highest BCUT2D eigenvalue weighted by Crippen LogP contribution is 2.27. The monoisotopic (exact) mass is 247 g/mol. The van der Waals surface area contributed by atoms with Gasteiger partial charge in [-0.05, 0) is 24.7 Å². The van der Waals surface area contributed by atoms with Gasteiger partial charge < -0.3 is 9.88 Å². The molecule has 0 aliphatic rings. The summed E-state index contributed by atoms with van der Waals surface area (Å²) in [4.78, 5) is 0. The van der Waals surface area contributed by atoms with E-state index in [0.717, 1.165) is 23.0 Å². The Morgan fingerprint density at radius 2 is 2.24 bits per heavy atom. The van der Waals surface area contributed by atoms with Gasteiger partial charge in [-0.2, -0.15) is 5.26 Å². The minimum absolute atomic E-state index is 0.692. The number of hydrogen-bond acceptors (Lipinski definition) is 2. The van der Waals surface area contributed by atoms with E-state index in [2.05, 4.69) is 11.4 Å². The minimum atomic E-state index is 0.692. The van der Waals surface area contributed by atoms with Gasteiger partial charge in [0.25, 0.3) is 0 Å². The van der Waals surface area contributed by atoms with E-state index in [1.54, 1.807) is 0 Å². The zero-order chi connectivity index (χ0) is 12.4. The molecule has 0 saturated heterocycles. The van der Waals surface area contributed by atoms with Gasteiger partial charge in [-0.15, -0.1) is 0 Å². The molecule has 88 valence electrons. The quantitative estimate of drug-likeness (QED) is 0.906. The standard InChI is InChI=1S/C13H14ClN3/c1-3-16-8-11-10-6-9(14)4-5-12(10)17(2)13(11)7-15/h4-6,16H,3,8H2,1-2H3. The summed E-state index contributed by atoms with van der Waals surface area (Å²) in [5.41, 5.74) is 2.76. The largest absolute Gasteiger partial charge is 0.335 e. The second-order valence-electron chi connectivity index (χ2n) is 3.94.